The van der Waals surface area contributed by atoms with Gasteiger partial charge in [-0.25, -0.2) is 8.42 Å². The van der Waals surface area contributed by atoms with Crippen LogP contribution in [-0.2, 0) is 9.84 Å². The lowest BCUT2D eigenvalue weighted by Gasteiger charge is -2.13. The topological polar surface area (TPSA) is 46.2 Å². The summed E-state index contributed by atoms with van der Waals surface area (Å²) in [6.45, 7) is 3.59. The van der Waals surface area contributed by atoms with E-state index in [1.165, 1.54) is 6.26 Å². The molecule has 1 unspecified atom stereocenters. The van der Waals surface area contributed by atoms with E-state index < -0.39 is 9.84 Å². The van der Waals surface area contributed by atoms with Gasteiger partial charge < -0.3 is 5.32 Å². The number of rotatable bonds is 6. The molecule has 0 saturated heterocycles. The van der Waals surface area contributed by atoms with Gasteiger partial charge in [0.25, 0.3) is 0 Å². The normalized spacial score (nSPS) is 14.2. The molecule has 12 heavy (non-hydrogen) atoms. The van der Waals surface area contributed by atoms with Crippen LogP contribution in [0.1, 0.15) is 12.8 Å². The van der Waals surface area contributed by atoms with Crippen LogP contribution in [0, 0.1) is 0 Å². The molecule has 3 nitrogen and oxygen atoms in total. The van der Waals surface area contributed by atoms with Crippen LogP contribution in [0.5, 0.6) is 0 Å². The highest BCUT2D eigenvalue weighted by atomic mass is 32.2. The van der Waals surface area contributed by atoms with E-state index in [4.69, 9.17) is 0 Å². The Morgan fingerprint density at radius 3 is 2.50 bits per heavy atom. The first kappa shape index (κ1) is 11.6. The standard InChI is InChI=1S/C8H17NO2S/c1-4-5-6-8(9-2)7-12(3,10)11/h4,8-9H,1,5-7H2,2-3H3. The fraction of sp³-hybridized carbons (Fsp3) is 0.750. The minimum atomic E-state index is -2.86. The predicted molar refractivity (Wildman–Crippen MR) is 52.0 cm³/mol. The molecule has 0 rings (SSSR count). The van der Waals surface area contributed by atoms with Crippen LogP contribution in [0.4, 0.5) is 0 Å². The van der Waals surface area contributed by atoms with Gasteiger partial charge in [-0.15, -0.1) is 6.58 Å². The van der Waals surface area contributed by atoms with Gasteiger partial charge in [-0.3, -0.25) is 0 Å². The van der Waals surface area contributed by atoms with Crippen LogP contribution >= 0.6 is 0 Å². The van der Waals surface area contributed by atoms with Crippen molar-refractivity contribution in [3.63, 3.8) is 0 Å². The van der Waals surface area contributed by atoms with E-state index in [0.29, 0.717) is 0 Å². The zero-order valence-corrected chi connectivity index (χ0v) is 8.52. The molecule has 0 amide bonds. The van der Waals surface area contributed by atoms with E-state index in [-0.39, 0.29) is 11.8 Å². The molecule has 4 heteroatoms. The van der Waals surface area contributed by atoms with Crippen molar-refractivity contribution in [2.75, 3.05) is 19.1 Å². The highest BCUT2D eigenvalue weighted by Crippen LogP contribution is 2.00. The van der Waals surface area contributed by atoms with Gasteiger partial charge in [0.05, 0.1) is 5.75 Å². The average Bonchev–Trinajstić information content (AvgIpc) is 1.95. The van der Waals surface area contributed by atoms with E-state index in [1.54, 1.807) is 13.1 Å². The molecule has 72 valence electrons. The van der Waals surface area contributed by atoms with Crippen LogP contribution in [0.3, 0.4) is 0 Å². The molecule has 1 atom stereocenters. The Labute approximate surface area is 74.8 Å². The Kier molecular flexibility index (Phi) is 5.17. The maximum absolute atomic E-state index is 10.9. The Bertz CT molecular complexity index is 221. The van der Waals surface area contributed by atoms with Gasteiger partial charge >= 0.3 is 0 Å². The predicted octanol–water partition coefficient (Wildman–Crippen LogP) is 0.585. The summed E-state index contributed by atoms with van der Waals surface area (Å²) >= 11 is 0. The first-order valence-corrected chi connectivity index (χ1v) is 6.01. The Morgan fingerprint density at radius 1 is 1.58 bits per heavy atom. The van der Waals surface area contributed by atoms with Crippen LogP contribution in [0.15, 0.2) is 12.7 Å². The lowest BCUT2D eigenvalue weighted by molar-refractivity contribution is 0.548. The number of sulfone groups is 1. The lowest BCUT2D eigenvalue weighted by Crippen LogP contribution is -2.32. The molecular weight excluding hydrogens is 174 g/mol. The number of hydrogen-bond acceptors (Lipinski definition) is 3. The van der Waals surface area contributed by atoms with Crippen LogP contribution in [-0.4, -0.2) is 33.5 Å². The number of nitrogens with one attached hydrogen (secondary N) is 1. The fourth-order valence-corrected chi connectivity index (χ4v) is 2.06. The first-order chi connectivity index (χ1) is 5.49. The summed E-state index contributed by atoms with van der Waals surface area (Å²) in [4.78, 5) is 0. The third kappa shape index (κ3) is 6.37. The summed E-state index contributed by atoms with van der Waals surface area (Å²) in [7, 11) is -1.09. The SMILES string of the molecule is C=CCCC(CS(C)(=O)=O)NC. The van der Waals surface area contributed by atoms with E-state index in [2.05, 4.69) is 11.9 Å². The van der Waals surface area contributed by atoms with E-state index >= 15 is 0 Å². The fourth-order valence-electron chi connectivity index (χ4n) is 0.995. The summed E-state index contributed by atoms with van der Waals surface area (Å²) in [6.07, 6.45) is 4.73. The van der Waals surface area contributed by atoms with Crippen LogP contribution < -0.4 is 5.32 Å². The second kappa shape index (κ2) is 5.32. The van der Waals surface area contributed by atoms with Gasteiger partial charge in [0.2, 0.25) is 0 Å². The zero-order valence-electron chi connectivity index (χ0n) is 7.71. The Hall–Kier alpha value is -0.350. The van der Waals surface area contributed by atoms with Gasteiger partial charge in [-0.1, -0.05) is 6.08 Å². The molecule has 0 aliphatic carbocycles. The zero-order chi connectivity index (χ0) is 9.61. The first-order valence-electron chi connectivity index (χ1n) is 3.95. The maximum Gasteiger partial charge on any atom is 0.148 e. The molecule has 0 aromatic carbocycles. The Balaban J connectivity index is 3.91. The molecule has 0 aliphatic heterocycles. The van der Waals surface area contributed by atoms with Crippen molar-refractivity contribution in [1.82, 2.24) is 5.32 Å². The molecule has 0 saturated carbocycles. The van der Waals surface area contributed by atoms with Crippen molar-refractivity contribution in [1.29, 1.82) is 0 Å². The molecule has 0 aliphatic rings. The highest BCUT2D eigenvalue weighted by molar-refractivity contribution is 7.90. The minimum Gasteiger partial charge on any atom is -0.316 e. The van der Waals surface area contributed by atoms with Crippen molar-refractivity contribution in [2.24, 2.45) is 0 Å². The van der Waals surface area contributed by atoms with Gasteiger partial charge in [0, 0.05) is 12.3 Å². The van der Waals surface area contributed by atoms with Gasteiger partial charge in [0.1, 0.15) is 9.84 Å². The van der Waals surface area contributed by atoms with Crippen molar-refractivity contribution in [3.8, 4) is 0 Å². The molecule has 0 aromatic rings. The number of hydrogen-bond donors (Lipinski definition) is 1. The summed E-state index contributed by atoms with van der Waals surface area (Å²) in [5.41, 5.74) is 0. The molecule has 0 fully saturated rings. The minimum absolute atomic E-state index is 0.0537. The van der Waals surface area contributed by atoms with Gasteiger partial charge in [-0.2, -0.15) is 0 Å². The average molecular weight is 191 g/mol. The van der Waals surface area contributed by atoms with Gasteiger partial charge in [-0.05, 0) is 19.9 Å². The summed E-state index contributed by atoms with van der Waals surface area (Å²) in [6, 6.07) is 0.0537. The van der Waals surface area contributed by atoms with Crippen molar-refractivity contribution < 1.29 is 8.42 Å². The highest BCUT2D eigenvalue weighted by Gasteiger charge is 2.11. The molecule has 0 bridgehead atoms. The molecule has 0 heterocycles. The quantitative estimate of drug-likeness (QED) is 0.625. The smallest absolute Gasteiger partial charge is 0.148 e. The van der Waals surface area contributed by atoms with Crippen molar-refractivity contribution in [3.05, 3.63) is 12.7 Å². The summed E-state index contributed by atoms with van der Waals surface area (Å²) in [5, 5.41) is 2.97. The van der Waals surface area contributed by atoms with Crippen LogP contribution in [0.2, 0.25) is 0 Å². The molecule has 0 spiro atoms. The number of allylic oxidation sites excluding steroid dienone is 1. The summed E-state index contributed by atoms with van der Waals surface area (Å²) < 4.78 is 21.8. The van der Waals surface area contributed by atoms with E-state index in [1.807, 2.05) is 0 Å². The van der Waals surface area contributed by atoms with Crippen molar-refractivity contribution >= 4 is 9.84 Å². The molecule has 0 aromatic heterocycles. The van der Waals surface area contributed by atoms with Crippen molar-refractivity contribution in [2.45, 2.75) is 18.9 Å². The lowest BCUT2D eigenvalue weighted by atomic mass is 10.2. The summed E-state index contributed by atoms with van der Waals surface area (Å²) in [5.74, 6) is 0.206. The van der Waals surface area contributed by atoms with Crippen LogP contribution in [0.25, 0.3) is 0 Å². The maximum atomic E-state index is 10.9. The van der Waals surface area contributed by atoms with E-state index in [0.717, 1.165) is 12.8 Å². The molecular formula is C8H17NO2S. The van der Waals surface area contributed by atoms with E-state index in [9.17, 15) is 8.42 Å². The van der Waals surface area contributed by atoms with Gasteiger partial charge in [0.15, 0.2) is 0 Å². The second-order valence-corrected chi connectivity index (χ2v) is 5.13. The Morgan fingerprint density at radius 2 is 2.17 bits per heavy atom. The largest absolute Gasteiger partial charge is 0.316 e. The third-order valence-corrected chi connectivity index (χ3v) is 2.64. The third-order valence-electron chi connectivity index (χ3n) is 1.63. The molecule has 1 N–H and O–H groups in total. The monoisotopic (exact) mass is 191 g/mol. The second-order valence-electron chi connectivity index (χ2n) is 2.94. The molecule has 0 radical (unpaired) electrons.